The Hall–Kier alpha value is -1.03. The highest BCUT2D eigenvalue weighted by Crippen LogP contribution is 2.38. The van der Waals surface area contributed by atoms with Gasteiger partial charge in [0.2, 0.25) is 0 Å². The number of hydrogen-bond donors (Lipinski definition) is 1. The van der Waals surface area contributed by atoms with Crippen molar-refractivity contribution in [2.45, 2.75) is 37.4 Å². The Morgan fingerprint density at radius 3 is 2.62 bits per heavy atom. The van der Waals surface area contributed by atoms with Crippen LogP contribution in [0.15, 0.2) is 24.3 Å². The van der Waals surface area contributed by atoms with Gasteiger partial charge in [0.05, 0.1) is 0 Å². The molecule has 0 aliphatic heterocycles. The SMILES string of the molecule is NC(CCC(F)(F)F)C1Cc2ccccc21. The molecule has 0 bridgehead atoms. The molecule has 1 aromatic rings. The molecule has 2 atom stereocenters. The molecule has 0 spiro atoms. The highest BCUT2D eigenvalue weighted by Gasteiger charge is 2.34. The van der Waals surface area contributed by atoms with E-state index in [2.05, 4.69) is 0 Å². The van der Waals surface area contributed by atoms with Gasteiger partial charge in [-0.25, -0.2) is 0 Å². The van der Waals surface area contributed by atoms with Gasteiger partial charge < -0.3 is 5.73 Å². The molecule has 2 rings (SSSR count). The third-order valence-corrected chi connectivity index (χ3v) is 3.17. The summed E-state index contributed by atoms with van der Waals surface area (Å²) < 4.78 is 36.1. The first-order chi connectivity index (χ1) is 7.47. The molecule has 2 N–H and O–H groups in total. The zero-order valence-corrected chi connectivity index (χ0v) is 8.80. The summed E-state index contributed by atoms with van der Waals surface area (Å²) in [5.41, 5.74) is 8.14. The van der Waals surface area contributed by atoms with E-state index in [9.17, 15) is 13.2 Å². The molecule has 0 saturated heterocycles. The summed E-state index contributed by atoms with van der Waals surface area (Å²) in [5, 5.41) is 0. The Balaban J connectivity index is 1.92. The van der Waals surface area contributed by atoms with Crippen LogP contribution in [0.2, 0.25) is 0 Å². The standard InChI is InChI=1S/C12H14F3N/c13-12(14,15)6-5-11(16)10-7-8-3-1-2-4-9(8)10/h1-4,10-11H,5-7,16H2. The van der Waals surface area contributed by atoms with Crippen molar-refractivity contribution in [2.24, 2.45) is 5.73 Å². The van der Waals surface area contributed by atoms with Crippen LogP contribution in [0.5, 0.6) is 0 Å². The minimum atomic E-state index is -4.10. The molecule has 1 nitrogen and oxygen atoms in total. The maximum Gasteiger partial charge on any atom is 0.389 e. The number of alkyl halides is 3. The van der Waals surface area contributed by atoms with Gasteiger partial charge in [-0.15, -0.1) is 0 Å². The van der Waals surface area contributed by atoms with Crippen LogP contribution in [-0.2, 0) is 6.42 Å². The third kappa shape index (κ3) is 2.38. The van der Waals surface area contributed by atoms with Crippen LogP contribution in [0.1, 0.15) is 29.9 Å². The molecule has 0 heterocycles. The molecule has 1 aromatic carbocycles. The van der Waals surface area contributed by atoms with Gasteiger partial charge in [0, 0.05) is 18.4 Å². The van der Waals surface area contributed by atoms with E-state index in [1.54, 1.807) is 0 Å². The molecule has 0 aromatic heterocycles. The molecule has 0 saturated carbocycles. The Morgan fingerprint density at radius 1 is 1.31 bits per heavy atom. The Labute approximate surface area is 92.5 Å². The molecule has 0 fully saturated rings. The molecule has 1 aliphatic carbocycles. The fourth-order valence-corrected chi connectivity index (χ4v) is 2.21. The lowest BCUT2D eigenvalue weighted by Crippen LogP contribution is -2.36. The normalized spacial score (nSPS) is 21.1. The minimum Gasteiger partial charge on any atom is -0.327 e. The molecule has 2 unspecified atom stereocenters. The van der Waals surface area contributed by atoms with Crippen LogP contribution < -0.4 is 5.73 Å². The number of nitrogens with two attached hydrogens (primary N) is 1. The smallest absolute Gasteiger partial charge is 0.327 e. The second kappa shape index (κ2) is 4.09. The number of fused-ring (bicyclic) bond motifs is 1. The predicted octanol–water partition coefficient (Wildman–Crippen LogP) is 3.00. The summed E-state index contributed by atoms with van der Waals surface area (Å²) in [6, 6.07) is 7.42. The van der Waals surface area contributed by atoms with Gasteiger partial charge in [0.1, 0.15) is 0 Å². The van der Waals surface area contributed by atoms with Gasteiger partial charge in [0.15, 0.2) is 0 Å². The van der Waals surface area contributed by atoms with E-state index in [1.807, 2.05) is 24.3 Å². The molecule has 0 radical (unpaired) electrons. The van der Waals surface area contributed by atoms with E-state index in [4.69, 9.17) is 5.73 Å². The molecule has 1 aliphatic rings. The maximum absolute atomic E-state index is 12.0. The van der Waals surface area contributed by atoms with Crippen LogP contribution in [0.4, 0.5) is 13.2 Å². The zero-order valence-electron chi connectivity index (χ0n) is 8.80. The van der Waals surface area contributed by atoms with Crippen LogP contribution >= 0.6 is 0 Å². The van der Waals surface area contributed by atoms with Crippen LogP contribution in [0, 0.1) is 0 Å². The lowest BCUT2D eigenvalue weighted by Gasteiger charge is -2.34. The lowest BCUT2D eigenvalue weighted by molar-refractivity contribution is -0.136. The van der Waals surface area contributed by atoms with E-state index in [0.717, 1.165) is 12.0 Å². The van der Waals surface area contributed by atoms with Gasteiger partial charge in [0.25, 0.3) is 0 Å². The van der Waals surface area contributed by atoms with E-state index < -0.39 is 12.6 Å². The molecular formula is C12H14F3N. The van der Waals surface area contributed by atoms with Crippen molar-refractivity contribution in [3.63, 3.8) is 0 Å². The largest absolute Gasteiger partial charge is 0.389 e. The highest BCUT2D eigenvalue weighted by atomic mass is 19.4. The Morgan fingerprint density at radius 2 is 2.00 bits per heavy atom. The van der Waals surface area contributed by atoms with Crippen LogP contribution in [0.25, 0.3) is 0 Å². The number of halogens is 3. The fraction of sp³-hybridized carbons (Fsp3) is 0.500. The van der Waals surface area contributed by atoms with Crippen LogP contribution in [-0.4, -0.2) is 12.2 Å². The number of rotatable bonds is 3. The zero-order chi connectivity index (χ0) is 11.8. The highest BCUT2D eigenvalue weighted by molar-refractivity contribution is 5.41. The molecule has 0 amide bonds. The van der Waals surface area contributed by atoms with E-state index >= 15 is 0 Å². The summed E-state index contributed by atoms with van der Waals surface area (Å²) in [5.74, 6) is 0.110. The van der Waals surface area contributed by atoms with Gasteiger partial charge >= 0.3 is 6.18 Å². The summed E-state index contributed by atoms with van der Waals surface area (Å²) in [6.45, 7) is 0. The molecule has 16 heavy (non-hydrogen) atoms. The Bertz CT molecular complexity index is 373. The summed E-state index contributed by atoms with van der Waals surface area (Å²) in [4.78, 5) is 0. The second-order valence-electron chi connectivity index (χ2n) is 4.33. The van der Waals surface area contributed by atoms with Gasteiger partial charge in [-0.3, -0.25) is 0 Å². The molecule has 88 valence electrons. The second-order valence-corrected chi connectivity index (χ2v) is 4.33. The first kappa shape index (κ1) is 11.5. The maximum atomic E-state index is 12.0. The van der Waals surface area contributed by atoms with E-state index in [0.29, 0.717) is 0 Å². The average Bonchev–Trinajstić information content (AvgIpc) is 2.16. The monoisotopic (exact) mass is 229 g/mol. The van der Waals surface area contributed by atoms with E-state index in [-0.39, 0.29) is 18.4 Å². The first-order valence-electron chi connectivity index (χ1n) is 5.37. The van der Waals surface area contributed by atoms with Crippen LogP contribution in [0.3, 0.4) is 0 Å². The minimum absolute atomic E-state index is 0.0164. The van der Waals surface area contributed by atoms with Crippen molar-refractivity contribution < 1.29 is 13.2 Å². The van der Waals surface area contributed by atoms with Crippen molar-refractivity contribution in [3.05, 3.63) is 35.4 Å². The molecular weight excluding hydrogens is 215 g/mol. The van der Waals surface area contributed by atoms with Crippen molar-refractivity contribution in [1.82, 2.24) is 0 Å². The van der Waals surface area contributed by atoms with Crippen molar-refractivity contribution in [1.29, 1.82) is 0 Å². The summed E-state index contributed by atoms with van der Waals surface area (Å²) in [7, 11) is 0. The third-order valence-electron chi connectivity index (χ3n) is 3.17. The van der Waals surface area contributed by atoms with Gasteiger partial charge in [-0.1, -0.05) is 24.3 Å². The number of hydrogen-bond acceptors (Lipinski definition) is 1. The molecule has 4 heteroatoms. The summed E-state index contributed by atoms with van der Waals surface area (Å²) in [6.07, 6.45) is -4.05. The summed E-state index contributed by atoms with van der Waals surface area (Å²) >= 11 is 0. The van der Waals surface area contributed by atoms with Crippen molar-refractivity contribution in [3.8, 4) is 0 Å². The van der Waals surface area contributed by atoms with Crippen molar-refractivity contribution in [2.75, 3.05) is 0 Å². The predicted molar refractivity (Wildman–Crippen MR) is 56.2 cm³/mol. The Kier molecular flexibility index (Phi) is 2.93. The topological polar surface area (TPSA) is 26.0 Å². The van der Waals surface area contributed by atoms with E-state index in [1.165, 1.54) is 5.56 Å². The fourth-order valence-electron chi connectivity index (χ4n) is 2.21. The number of benzene rings is 1. The lowest BCUT2D eigenvalue weighted by atomic mass is 9.73. The van der Waals surface area contributed by atoms with Gasteiger partial charge in [-0.2, -0.15) is 13.2 Å². The first-order valence-corrected chi connectivity index (χ1v) is 5.37. The average molecular weight is 229 g/mol. The van der Waals surface area contributed by atoms with Gasteiger partial charge in [-0.05, 0) is 24.0 Å². The quantitative estimate of drug-likeness (QED) is 0.847. The van der Waals surface area contributed by atoms with Crippen molar-refractivity contribution >= 4 is 0 Å².